The molecule has 2 rings (SSSR count). The van der Waals surface area contributed by atoms with E-state index < -0.39 is 11.9 Å². The molecule has 0 aliphatic rings. The van der Waals surface area contributed by atoms with E-state index in [-0.39, 0.29) is 18.1 Å². The van der Waals surface area contributed by atoms with E-state index in [0.717, 1.165) is 17.1 Å². The molecule has 7 nitrogen and oxygen atoms in total. The SMILES string of the molecule is COc1ccc(-n2nc(C(=O)N(C)CC(C)C(=O)O)cc2C)cc1. The smallest absolute Gasteiger partial charge is 0.308 e. The number of aryl methyl sites for hydroxylation is 1. The fourth-order valence-corrected chi connectivity index (χ4v) is 2.33. The molecule has 128 valence electrons. The standard InChI is InChI=1S/C17H21N3O4/c1-11(17(22)23)10-19(3)16(21)15-9-12(2)20(18-15)13-5-7-14(24-4)8-6-13/h5-9,11H,10H2,1-4H3,(H,22,23). The van der Waals surface area contributed by atoms with E-state index in [4.69, 9.17) is 9.84 Å². The van der Waals surface area contributed by atoms with Crippen molar-refractivity contribution in [2.75, 3.05) is 20.7 Å². The number of carbonyl (C=O) groups excluding carboxylic acids is 1. The van der Waals surface area contributed by atoms with Crippen molar-refractivity contribution < 1.29 is 19.4 Å². The molecule has 0 saturated heterocycles. The molecule has 7 heteroatoms. The van der Waals surface area contributed by atoms with Crippen LogP contribution in [0.2, 0.25) is 0 Å². The van der Waals surface area contributed by atoms with Crippen molar-refractivity contribution in [3.05, 3.63) is 41.7 Å². The third kappa shape index (κ3) is 3.73. The van der Waals surface area contributed by atoms with E-state index in [1.165, 1.54) is 4.90 Å². The quantitative estimate of drug-likeness (QED) is 0.875. The first-order valence-corrected chi connectivity index (χ1v) is 7.53. The third-order valence-corrected chi connectivity index (χ3v) is 3.74. The molecule has 2 aromatic rings. The molecule has 1 amide bonds. The lowest BCUT2D eigenvalue weighted by atomic mass is 10.1. The van der Waals surface area contributed by atoms with Crippen LogP contribution in [-0.2, 0) is 4.79 Å². The summed E-state index contributed by atoms with van der Waals surface area (Å²) in [4.78, 5) is 24.7. The molecule has 0 spiro atoms. The lowest BCUT2D eigenvalue weighted by molar-refractivity contribution is -0.141. The monoisotopic (exact) mass is 331 g/mol. The Morgan fingerprint density at radius 2 is 1.96 bits per heavy atom. The summed E-state index contributed by atoms with van der Waals surface area (Å²) >= 11 is 0. The summed E-state index contributed by atoms with van der Waals surface area (Å²) in [5.74, 6) is -1.14. The second-order valence-electron chi connectivity index (χ2n) is 5.71. The zero-order valence-corrected chi connectivity index (χ0v) is 14.2. The van der Waals surface area contributed by atoms with E-state index in [2.05, 4.69) is 5.10 Å². The Morgan fingerprint density at radius 3 is 2.50 bits per heavy atom. The molecule has 1 N–H and O–H groups in total. The van der Waals surface area contributed by atoms with Gasteiger partial charge in [0.15, 0.2) is 5.69 Å². The first kappa shape index (κ1) is 17.5. The zero-order chi connectivity index (χ0) is 17.9. The molecule has 1 aromatic carbocycles. The van der Waals surface area contributed by atoms with Crippen LogP contribution in [0.3, 0.4) is 0 Å². The minimum atomic E-state index is -0.936. The highest BCUT2D eigenvalue weighted by atomic mass is 16.5. The van der Waals surface area contributed by atoms with Gasteiger partial charge >= 0.3 is 5.97 Å². The van der Waals surface area contributed by atoms with Gasteiger partial charge in [-0.1, -0.05) is 6.92 Å². The number of benzene rings is 1. The second kappa shape index (κ2) is 7.16. The Morgan fingerprint density at radius 1 is 1.33 bits per heavy atom. The summed E-state index contributed by atoms with van der Waals surface area (Å²) in [7, 11) is 3.17. The number of methoxy groups -OCH3 is 1. The zero-order valence-electron chi connectivity index (χ0n) is 14.2. The molecule has 1 unspecified atom stereocenters. The van der Waals surface area contributed by atoms with Crippen LogP contribution in [0.1, 0.15) is 23.1 Å². The van der Waals surface area contributed by atoms with Crippen molar-refractivity contribution in [3.8, 4) is 11.4 Å². The number of amides is 1. The van der Waals surface area contributed by atoms with Crippen LogP contribution in [0, 0.1) is 12.8 Å². The molecule has 0 aliphatic carbocycles. The molecule has 1 aromatic heterocycles. The highest BCUT2D eigenvalue weighted by Gasteiger charge is 2.21. The lowest BCUT2D eigenvalue weighted by Gasteiger charge is -2.18. The van der Waals surface area contributed by atoms with E-state index in [0.29, 0.717) is 0 Å². The second-order valence-corrected chi connectivity index (χ2v) is 5.71. The Labute approximate surface area is 140 Å². The molecule has 0 bridgehead atoms. The molecular weight excluding hydrogens is 310 g/mol. The summed E-state index contributed by atoms with van der Waals surface area (Å²) in [5, 5.41) is 13.3. The van der Waals surface area contributed by atoms with Gasteiger partial charge in [-0.05, 0) is 37.3 Å². The minimum absolute atomic E-state index is 0.128. The first-order valence-electron chi connectivity index (χ1n) is 7.53. The average Bonchev–Trinajstić information content (AvgIpc) is 2.95. The van der Waals surface area contributed by atoms with Crippen molar-refractivity contribution in [1.82, 2.24) is 14.7 Å². The topological polar surface area (TPSA) is 84.7 Å². The van der Waals surface area contributed by atoms with Crippen LogP contribution in [0.5, 0.6) is 5.75 Å². The molecular formula is C17H21N3O4. The summed E-state index contributed by atoms with van der Waals surface area (Å²) < 4.78 is 6.80. The Kier molecular flexibility index (Phi) is 5.23. The van der Waals surface area contributed by atoms with E-state index >= 15 is 0 Å². The predicted molar refractivity (Wildman–Crippen MR) is 88.6 cm³/mol. The van der Waals surface area contributed by atoms with Crippen LogP contribution >= 0.6 is 0 Å². The molecule has 1 atom stereocenters. The summed E-state index contributed by atoms with van der Waals surface area (Å²) in [6.45, 7) is 3.55. The maximum Gasteiger partial charge on any atom is 0.308 e. The summed E-state index contributed by atoms with van der Waals surface area (Å²) in [6, 6.07) is 9.03. The number of carboxylic acids is 1. The highest BCUT2D eigenvalue weighted by Crippen LogP contribution is 2.17. The fraction of sp³-hybridized carbons (Fsp3) is 0.353. The van der Waals surface area contributed by atoms with Crippen molar-refractivity contribution in [2.24, 2.45) is 5.92 Å². The summed E-state index contributed by atoms with van der Waals surface area (Å²) in [6.07, 6.45) is 0. The lowest BCUT2D eigenvalue weighted by Crippen LogP contribution is -2.34. The normalized spacial score (nSPS) is 11.8. The van der Waals surface area contributed by atoms with Crippen LogP contribution in [0.15, 0.2) is 30.3 Å². The fourth-order valence-electron chi connectivity index (χ4n) is 2.33. The number of aromatic nitrogens is 2. The van der Waals surface area contributed by atoms with Gasteiger partial charge in [0.2, 0.25) is 0 Å². The van der Waals surface area contributed by atoms with Gasteiger partial charge in [-0.25, -0.2) is 4.68 Å². The Hall–Kier alpha value is -2.83. The van der Waals surface area contributed by atoms with Gasteiger partial charge in [0.1, 0.15) is 5.75 Å². The van der Waals surface area contributed by atoms with Gasteiger partial charge in [-0.2, -0.15) is 5.10 Å². The van der Waals surface area contributed by atoms with Gasteiger partial charge < -0.3 is 14.7 Å². The Bertz CT molecular complexity index is 737. The number of aliphatic carboxylic acids is 1. The highest BCUT2D eigenvalue weighted by molar-refractivity contribution is 5.92. The van der Waals surface area contributed by atoms with Crippen LogP contribution in [0.25, 0.3) is 5.69 Å². The number of carbonyl (C=O) groups is 2. The number of nitrogens with zero attached hydrogens (tertiary/aromatic N) is 3. The number of rotatable bonds is 6. The largest absolute Gasteiger partial charge is 0.497 e. The minimum Gasteiger partial charge on any atom is -0.497 e. The molecule has 0 saturated carbocycles. The van der Waals surface area contributed by atoms with Crippen molar-refractivity contribution in [1.29, 1.82) is 0 Å². The number of ether oxygens (including phenoxy) is 1. The summed E-state index contributed by atoms with van der Waals surface area (Å²) in [5.41, 5.74) is 1.90. The molecule has 0 fully saturated rings. The van der Waals surface area contributed by atoms with E-state index in [9.17, 15) is 9.59 Å². The van der Waals surface area contributed by atoms with Crippen molar-refractivity contribution in [2.45, 2.75) is 13.8 Å². The van der Waals surface area contributed by atoms with Gasteiger partial charge in [0, 0.05) is 19.3 Å². The average molecular weight is 331 g/mol. The third-order valence-electron chi connectivity index (χ3n) is 3.74. The predicted octanol–water partition coefficient (Wildman–Crippen LogP) is 1.98. The maximum atomic E-state index is 12.4. The number of hydrogen-bond donors (Lipinski definition) is 1. The molecule has 24 heavy (non-hydrogen) atoms. The molecule has 1 heterocycles. The number of hydrogen-bond acceptors (Lipinski definition) is 4. The molecule has 0 radical (unpaired) electrons. The first-order chi connectivity index (χ1) is 11.3. The van der Waals surface area contributed by atoms with E-state index in [1.54, 1.807) is 31.8 Å². The van der Waals surface area contributed by atoms with Gasteiger partial charge in [0.05, 0.1) is 18.7 Å². The molecule has 0 aliphatic heterocycles. The van der Waals surface area contributed by atoms with Gasteiger partial charge in [-0.3, -0.25) is 9.59 Å². The maximum absolute atomic E-state index is 12.4. The van der Waals surface area contributed by atoms with E-state index in [1.807, 2.05) is 31.2 Å². The van der Waals surface area contributed by atoms with Crippen LogP contribution in [0.4, 0.5) is 0 Å². The van der Waals surface area contributed by atoms with Gasteiger partial charge in [0.25, 0.3) is 5.91 Å². The van der Waals surface area contributed by atoms with Crippen molar-refractivity contribution in [3.63, 3.8) is 0 Å². The number of carboxylic acid groups (broad SMARTS) is 1. The van der Waals surface area contributed by atoms with Crippen LogP contribution in [-0.4, -0.2) is 52.4 Å². The van der Waals surface area contributed by atoms with Crippen LogP contribution < -0.4 is 4.74 Å². The Balaban J connectivity index is 2.20. The van der Waals surface area contributed by atoms with Crippen molar-refractivity contribution >= 4 is 11.9 Å². The van der Waals surface area contributed by atoms with Gasteiger partial charge in [-0.15, -0.1) is 0 Å².